The van der Waals surface area contributed by atoms with E-state index in [9.17, 15) is 4.79 Å². The summed E-state index contributed by atoms with van der Waals surface area (Å²) >= 11 is 6.66. The molecular weight excluding hydrogens is 324 g/mol. The van der Waals surface area contributed by atoms with Crippen LogP contribution in [-0.4, -0.2) is 22.7 Å². The van der Waals surface area contributed by atoms with Gasteiger partial charge in [-0.3, -0.25) is 0 Å². The van der Waals surface area contributed by atoms with Crippen molar-refractivity contribution in [3.8, 4) is 0 Å². The van der Waals surface area contributed by atoms with Crippen molar-refractivity contribution >= 4 is 37.8 Å². The van der Waals surface area contributed by atoms with Gasteiger partial charge in [0.2, 0.25) is 0 Å². The molecule has 0 saturated carbocycles. The summed E-state index contributed by atoms with van der Waals surface area (Å²) in [7, 11) is 0. The summed E-state index contributed by atoms with van der Waals surface area (Å²) < 4.78 is 5.12. The maximum absolute atomic E-state index is 11.6. The van der Waals surface area contributed by atoms with Crippen LogP contribution in [0.1, 0.15) is 15.9 Å². The first kappa shape index (κ1) is 12.7. The highest BCUT2D eigenvalue weighted by atomic mass is 79.9. The molecule has 0 amide bonds. The molecule has 0 N–H and O–H groups in total. The minimum absolute atomic E-state index is 0.159. The lowest BCUT2D eigenvalue weighted by Crippen LogP contribution is -2.14. The van der Waals surface area contributed by atoms with E-state index in [0.29, 0.717) is 12.2 Å². The molecule has 0 aliphatic carbocycles. The van der Waals surface area contributed by atoms with Crippen molar-refractivity contribution < 1.29 is 9.53 Å². The van der Waals surface area contributed by atoms with Crippen molar-refractivity contribution in [3.63, 3.8) is 0 Å². The highest BCUT2D eigenvalue weighted by Gasteiger charge is 2.09. The first-order valence-electron chi connectivity index (χ1n) is 4.57. The summed E-state index contributed by atoms with van der Waals surface area (Å²) in [5, 5.41) is 0.758. The summed E-state index contributed by atoms with van der Waals surface area (Å²) in [6, 6.07) is 7.37. The molecule has 1 atom stereocenters. The highest BCUT2D eigenvalue weighted by molar-refractivity contribution is 9.12. The zero-order chi connectivity index (χ0) is 11.3. The fourth-order valence-corrected chi connectivity index (χ4v) is 1.39. The van der Waals surface area contributed by atoms with E-state index in [1.807, 2.05) is 25.1 Å². The quantitative estimate of drug-likeness (QED) is 0.623. The SMILES string of the molecule is Cc1cccc(C(=O)OC[C@H](Br)CBr)c1. The Morgan fingerprint density at radius 2 is 2.27 bits per heavy atom. The van der Waals surface area contributed by atoms with E-state index < -0.39 is 0 Å². The second kappa shape index (κ2) is 6.28. The van der Waals surface area contributed by atoms with Crippen molar-refractivity contribution in [1.29, 1.82) is 0 Å². The molecule has 1 aromatic carbocycles. The topological polar surface area (TPSA) is 26.3 Å². The number of rotatable bonds is 4. The fourth-order valence-electron chi connectivity index (χ4n) is 1.07. The smallest absolute Gasteiger partial charge is 0.338 e. The number of hydrogen-bond donors (Lipinski definition) is 0. The number of ether oxygens (including phenoxy) is 1. The van der Waals surface area contributed by atoms with Crippen LogP contribution in [-0.2, 0) is 4.74 Å². The van der Waals surface area contributed by atoms with Gasteiger partial charge in [-0.15, -0.1) is 0 Å². The maximum Gasteiger partial charge on any atom is 0.338 e. The number of alkyl halides is 2. The van der Waals surface area contributed by atoms with Gasteiger partial charge in [0.25, 0.3) is 0 Å². The summed E-state index contributed by atoms with van der Waals surface area (Å²) in [5.41, 5.74) is 1.66. The van der Waals surface area contributed by atoms with Crippen molar-refractivity contribution in [3.05, 3.63) is 35.4 Å². The summed E-state index contributed by atoms with van der Waals surface area (Å²) in [6.45, 7) is 2.32. The molecule has 0 saturated heterocycles. The molecule has 0 aliphatic heterocycles. The van der Waals surface area contributed by atoms with Gasteiger partial charge in [-0.1, -0.05) is 49.6 Å². The Balaban J connectivity index is 2.54. The average Bonchev–Trinajstić information content (AvgIpc) is 2.25. The van der Waals surface area contributed by atoms with E-state index >= 15 is 0 Å². The minimum Gasteiger partial charge on any atom is -0.461 e. The number of esters is 1. The first-order chi connectivity index (χ1) is 7.13. The van der Waals surface area contributed by atoms with Crippen LogP contribution >= 0.6 is 31.9 Å². The molecular formula is C11H12Br2O2. The lowest BCUT2D eigenvalue weighted by Gasteiger charge is -2.07. The first-order valence-corrected chi connectivity index (χ1v) is 6.61. The van der Waals surface area contributed by atoms with Crippen LogP contribution in [0.25, 0.3) is 0 Å². The second-order valence-electron chi connectivity index (χ2n) is 3.22. The van der Waals surface area contributed by atoms with Crippen LogP contribution in [0.4, 0.5) is 0 Å². The maximum atomic E-state index is 11.6. The fraction of sp³-hybridized carbons (Fsp3) is 0.364. The third kappa shape index (κ3) is 4.34. The monoisotopic (exact) mass is 334 g/mol. The van der Waals surface area contributed by atoms with E-state index in [2.05, 4.69) is 31.9 Å². The van der Waals surface area contributed by atoms with Gasteiger partial charge in [-0.25, -0.2) is 4.79 Å². The molecule has 82 valence electrons. The normalized spacial score (nSPS) is 12.2. The summed E-state index contributed by atoms with van der Waals surface area (Å²) in [6.07, 6.45) is 0. The van der Waals surface area contributed by atoms with Crippen molar-refractivity contribution in [2.24, 2.45) is 0 Å². The molecule has 0 heterocycles. The molecule has 15 heavy (non-hydrogen) atoms. The molecule has 0 bridgehead atoms. The van der Waals surface area contributed by atoms with Crippen molar-refractivity contribution in [1.82, 2.24) is 0 Å². The zero-order valence-corrected chi connectivity index (χ0v) is 11.5. The van der Waals surface area contributed by atoms with E-state index in [4.69, 9.17) is 4.74 Å². The Hall–Kier alpha value is -0.350. The highest BCUT2D eigenvalue weighted by Crippen LogP contribution is 2.08. The Labute approximate surface area is 106 Å². The Bertz CT molecular complexity index is 339. The standard InChI is InChI=1S/C11H12Br2O2/c1-8-3-2-4-9(5-8)11(14)15-7-10(13)6-12/h2-5,10H,6-7H2,1H3/t10-/m1/s1. The predicted molar refractivity (Wildman–Crippen MR) is 68.0 cm³/mol. The Morgan fingerprint density at radius 3 is 2.87 bits per heavy atom. The molecule has 0 spiro atoms. The van der Waals surface area contributed by atoms with Gasteiger partial charge >= 0.3 is 5.97 Å². The zero-order valence-electron chi connectivity index (χ0n) is 8.37. The van der Waals surface area contributed by atoms with Crippen LogP contribution in [0.15, 0.2) is 24.3 Å². The lowest BCUT2D eigenvalue weighted by molar-refractivity contribution is 0.0513. The number of benzene rings is 1. The summed E-state index contributed by atoms with van der Waals surface area (Å²) in [4.78, 5) is 11.7. The second-order valence-corrected chi connectivity index (χ2v) is 5.16. The van der Waals surface area contributed by atoms with Gasteiger partial charge in [0.05, 0.1) is 10.4 Å². The number of hydrogen-bond acceptors (Lipinski definition) is 2. The summed E-state index contributed by atoms with van der Waals surface area (Å²) in [5.74, 6) is -0.274. The van der Waals surface area contributed by atoms with Gasteiger partial charge < -0.3 is 4.74 Å². The Kier molecular flexibility index (Phi) is 5.32. The predicted octanol–water partition coefficient (Wildman–Crippen LogP) is 3.31. The molecule has 0 unspecified atom stereocenters. The molecule has 2 nitrogen and oxygen atoms in total. The molecule has 1 rings (SSSR count). The minimum atomic E-state index is -0.274. The number of aryl methyl sites for hydroxylation is 1. The number of halogens is 2. The van der Waals surface area contributed by atoms with Gasteiger partial charge in [0, 0.05) is 5.33 Å². The van der Waals surface area contributed by atoms with E-state index in [-0.39, 0.29) is 10.8 Å². The van der Waals surface area contributed by atoms with Crippen LogP contribution < -0.4 is 0 Å². The number of carbonyl (C=O) groups is 1. The average molecular weight is 336 g/mol. The molecule has 0 radical (unpaired) electrons. The third-order valence-electron chi connectivity index (χ3n) is 1.82. The molecule has 0 aliphatic rings. The largest absolute Gasteiger partial charge is 0.461 e. The molecule has 0 aromatic heterocycles. The van der Waals surface area contributed by atoms with Crippen LogP contribution in [0.3, 0.4) is 0 Å². The van der Waals surface area contributed by atoms with Crippen LogP contribution in [0.5, 0.6) is 0 Å². The lowest BCUT2D eigenvalue weighted by atomic mass is 10.1. The van der Waals surface area contributed by atoms with Crippen molar-refractivity contribution in [2.45, 2.75) is 11.8 Å². The van der Waals surface area contributed by atoms with Crippen molar-refractivity contribution in [2.75, 3.05) is 11.9 Å². The third-order valence-corrected chi connectivity index (χ3v) is 4.05. The molecule has 0 fully saturated rings. The molecule has 4 heteroatoms. The number of carbonyl (C=O) groups excluding carboxylic acids is 1. The Morgan fingerprint density at radius 1 is 1.53 bits per heavy atom. The van der Waals surface area contributed by atoms with Gasteiger partial charge in [0.15, 0.2) is 0 Å². The van der Waals surface area contributed by atoms with Gasteiger partial charge in [-0.05, 0) is 19.1 Å². The van der Waals surface area contributed by atoms with Crippen LogP contribution in [0, 0.1) is 6.92 Å². The van der Waals surface area contributed by atoms with Gasteiger partial charge in [-0.2, -0.15) is 0 Å². The van der Waals surface area contributed by atoms with Crippen LogP contribution in [0.2, 0.25) is 0 Å². The molecule has 1 aromatic rings. The van der Waals surface area contributed by atoms with E-state index in [1.165, 1.54) is 0 Å². The van der Waals surface area contributed by atoms with E-state index in [1.54, 1.807) is 6.07 Å². The van der Waals surface area contributed by atoms with E-state index in [0.717, 1.165) is 10.9 Å². The van der Waals surface area contributed by atoms with Gasteiger partial charge in [0.1, 0.15) is 6.61 Å².